The molecule has 0 bridgehead atoms. The Hall–Kier alpha value is -0.730. The fourth-order valence-electron chi connectivity index (χ4n) is 1.65. The minimum absolute atomic E-state index is 0.132. The predicted octanol–water partition coefficient (Wildman–Crippen LogP) is 3.40. The molecule has 1 heterocycles. The van der Waals surface area contributed by atoms with Gasteiger partial charge in [0.2, 0.25) is 0 Å². The molecule has 8 heteroatoms. The van der Waals surface area contributed by atoms with E-state index in [1.165, 1.54) is 11.3 Å². The summed E-state index contributed by atoms with van der Waals surface area (Å²) in [6.07, 6.45) is -1.86. The van der Waals surface area contributed by atoms with E-state index in [1.54, 1.807) is 5.38 Å². The molecule has 2 N–H and O–H groups in total. The van der Waals surface area contributed by atoms with Crippen LogP contribution in [0.4, 0.5) is 17.6 Å². The first-order valence-corrected chi connectivity index (χ1v) is 7.16. The highest BCUT2D eigenvalue weighted by Gasteiger charge is 2.41. The van der Waals surface area contributed by atoms with Gasteiger partial charge >= 0.3 is 12.3 Å². The molecule has 1 aromatic rings. The molecule has 116 valence electrons. The molecule has 0 aliphatic rings. The fourth-order valence-corrected chi connectivity index (χ4v) is 2.46. The topological polar surface area (TPSA) is 48.1 Å². The summed E-state index contributed by atoms with van der Waals surface area (Å²) in [5.74, 6) is -3.99. The summed E-state index contributed by atoms with van der Waals surface area (Å²) in [4.78, 5) is 4.25. The standard InChI is InChI=1S/C12H18F4N2OS/c1-2-3-8(4-17)9-6-20-10(18-9)5-19-7-12(15,16)11(13)14/h6,8,11H,2-5,7,17H2,1H3. The summed E-state index contributed by atoms with van der Waals surface area (Å²) in [5, 5.41) is 2.29. The van der Waals surface area contributed by atoms with Crippen molar-refractivity contribution in [3.8, 4) is 0 Å². The van der Waals surface area contributed by atoms with Gasteiger partial charge < -0.3 is 10.5 Å². The van der Waals surface area contributed by atoms with Crippen LogP contribution in [0.5, 0.6) is 0 Å². The number of rotatable bonds is 9. The molecule has 3 nitrogen and oxygen atoms in total. The van der Waals surface area contributed by atoms with Crippen LogP contribution < -0.4 is 5.73 Å². The van der Waals surface area contributed by atoms with E-state index < -0.39 is 19.0 Å². The first-order valence-electron chi connectivity index (χ1n) is 6.28. The molecule has 0 amide bonds. The van der Waals surface area contributed by atoms with E-state index >= 15 is 0 Å². The van der Waals surface area contributed by atoms with Crippen LogP contribution in [0.3, 0.4) is 0 Å². The quantitative estimate of drug-likeness (QED) is 0.711. The van der Waals surface area contributed by atoms with Crippen molar-refractivity contribution in [1.82, 2.24) is 4.98 Å². The van der Waals surface area contributed by atoms with Crippen molar-refractivity contribution in [3.63, 3.8) is 0 Å². The van der Waals surface area contributed by atoms with Crippen LogP contribution in [0.25, 0.3) is 0 Å². The molecule has 20 heavy (non-hydrogen) atoms. The predicted molar refractivity (Wildman–Crippen MR) is 69.4 cm³/mol. The van der Waals surface area contributed by atoms with Gasteiger partial charge in [0.25, 0.3) is 0 Å². The number of hydrogen-bond acceptors (Lipinski definition) is 4. The highest BCUT2D eigenvalue weighted by Crippen LogP contribution is 2.25. The monoisotopic (exact) mass is 314 g/mol. The number of thiazole rings is 1. The van der Waals surface area contributed by atoms with Gasteiger partial charge in [-0.25, -0.2) is 13.8 Å². The highest BCUT2D eigenvalue weighted by molar-refractivity contribution is 7.09. The van der Waals surface area contributed by atoms with Gasteiger partial charge in [0, 0.05) is 17.8 Å². The minimum Gasteiger partial charge on any atom is -0.368 e. The summed E-state index contributed by atoms with van der Waals surface area (Å²) in [7, 11) is 0. The molecule has 0 radical (unpaired) electrons. The maximum absolute atomic E-state index is 12.6. The number of halogens is 4. The third-order valence-corrected chi connectivity index (χ3v) is 3.59. The van der Waals surface area contributed by atoms with E-state index in [-0.39, 0.29) is 12.5 Å². The lowest BCUT2D eigenvalue weighted by Gasteiger charge is -2.14. The maximum atomic E-state index is 12.6. The molecule has 1 aromatic heterocycles. The summed E-state index contributed by atoms with van der Waals surface area (Å²) < 4.78 is 53.7. The Kier molecular flexibility index (Phi) is 6.84. The van der Waals surface area contributed by atoms with E-state index in [2.05, 4.69) is 9.72 Å². The second-order valence-corrected chi connectivity index (χ2v) is 5.38. The summed E-state index contributed by atoms with van der Waals surface area (Å²) in [5.41, 5.74) is 6.45. The molecule has 0 spiro atoms. The lowest BCUT2D eigenvalue weighted by Crippen LogP contribution is -2.32. The van der Waals surface area contributed by atoms with Crippen molar-refractivity contribution in [2.24, 2.45) is 5.73 Å². The van der Waals surface area contributed by atoms with Crippen molar-refractivity contribution in [2.75, 3.05) is 13.2 Å². The van der Waals surface area contributed by atoms with Crippen molar-refractivity contribution >= 4 is 11.3 Å². The van der Waals surface area contributed by atoms with Crippen molar-refractivity contribution in [3.05, 3.63) is 16.1 Å². The van der Waals surface area contributed by atoms with Crippen molar-refractivity contribution in [1.29, 1.82) is 0 Å². The molecule has 0 aliphatic heterocycles. The Morgan fingerprint density at radius 2 is 2.15 bits per heavy atom. The molecule has 0 aliphatic carbocycles. The zero-order chi connectivity index (χ0) is 15.2. The van der Waals surface area contributed by atoms with Crippen LogP contribution in [0.15, 0.2) is 5.38 Å². The molecular formula is C12H18F4N2OS. The van der Waals surface area contributed by atoms with Gasteiger partial charge in [-0.3, -0.25) is 0 Å². The Balaban J connectivity index is 2.48. The molecular weight excluding hydrogens is 296 g/mol. The number of ether oxygens (including phenoxy) is 1. The molecule has 0 saturated heterocycles. The summed E-state index contributed by atoms with van der Waals surface area (Å²) >= 11 is 1.25. The average molecular weight is 314 g/mol. The molecule has 1 atom stereocenters. The van der Waals surface area contributed by atoms with Gasteiger partial charge in [0.15, 0.2) is 0 Å². The van der Waals surface area contributed by atoms with Crippen LogP contribution >= 0.6 is 11.3 Å². The maximum Gasteiger partial charge on any atom is 0.330 e. The second kappa shape index (κ2) is 7.90. The minimum atomic E-state index is -4.12. The van der Waals surface area contributed by atoms with Crippen molar-refractivity contribution in [2.45, 2.75) is 44.6 Å². The zero-order valence-electron chi connectivity index (χ0n) is 11.1. The average Bonchev–Trinajstić information content (AvgIpc) is 2.84. The third-order valence-electron chi connectivity index (χ3n) is 2.75. The van der Waals surface area contributed by atoms with Crippen LogP contribution in [0.2, 0.25) is 0 Å². The molecule has 0 fully saturated rings. The van der Waals surface area contributed by atoms with Gasteiger partial charge in [-0.1, -0.05) is 13.3 Å². The first kappa shape index (κ1) is 17.3. The number of aromatic nitrogens is 1. The van der Waals surface area contributed by atoms with E-state index in [1.807, 2.05) is 6.92 Å². The van der Waals surface area contributed by atoms with Gasteiger partial charge in [-0.15, -0.1) is 11.3 Å². The van der Waals surface area contributed by atoms with Crippen LogP contribution in [-0.4, -0.2) is 30.5 Å². The van der Waals surface area contributed by atoms with Crippen molar-refractivity contribution < 1.29 is 22.3 Å². The Labute approximate surface area is 119 Å². The van der Waals surface area contributed by atoms with E-state index in [0.717, 1.165) is 18.5 Å². The smallest absolute Gasteiger partial charge is 0.330 e. The Morgan fingerprint density at radius 1 is 1.45 bits per heavy atom. The molecule has 0 saturated carbocycles. The van der Waals surface area contributed by atoms with Gasteiger partial charge in [0.05, 0.1) is 12.3 Å². The number of alkyl halides is 4. The van der Waals surface area contributed by atoms with Crippen LogP contribution in [0.1, 0.15) is 36.4 Å². The zero-order valence-corrected chi connectivity index (χ0v) is 11.9. The lowest BCUT2D eigenvalue weighted by molar-refractivity contribution is -0.168. The summed E-state index contributed by atoms with van der Waals surface area (Å²) in [6.45, 7) is 0.984. The lowest BCUT2D eigenvalue weighted by atomic mass is 10.0. The first-order chi connectivity index (χ1) is 9.40. The summed E-state index contributed by atoms with van der Waals surface area (Å²) in [6, 6.07) is 0. The third kappa shape index (κ3) is 4.99. The van der Waals surface area contributed by atoms with Gasteiger partial charge in [-0.2, -0.15) is 8.78 Å². The largest absolute Gasteiger partial charge is 0.368 e. The fraction of sp³-hybridized carbons (Fsp3) is 0.750. The van der Waals surface area contributed by atoms with E-state index in [4.69, 9.17) is 5.73 Å². The van der Waals surface area contributed by atoms with Gasteiger partial charge in [0.1, 0.15) is 11.6 Å². The van der Waals surface area contributed by atoms with E-state index in [9.17, 15) is 17.6 Å². The van der Waals surface area contributed by atoms with Crippen LogP contribution in [-0.2, 0) is 11.3 Å². The highest BCUT2D eigenvalue weighted by atomic mass is 32.1. The van der Waals surface area contributed by atoms with E-state index in [0.29, 0.717) is 11.6 Å². The normalized spacial score (nSPS) is 13.9. The number of nitrogens with two attached hydrogens (primary N) is 1. The Morgan fingerprint density at radius 3 is 2.70 bits per heavy atom. The second-order valence-electron chi connectivity index (χ2n) is 4.44. The number of hydrogen-bond donors (Lipinski definition) is 1. The molecule has 0 aromatic carbocycles. The van der Waals surface area contributed by atoms with Gasteiger partial charge in [-0.05, 0) is 6.42 Å². The number of nitrogens with zero attached hydrogens (tertiary/aromatic N) is 1. The molecule has 1 unspecified atom stereocenters. The SMILES string of the molecule is CCCC(CN)c1csc(COCC(F)(F)C(F)F)n1. The Bertz CT molecular complexity index is 401. The van der Waals surface area contributed by atoms with Crippen LogP contribution in [0, 0.1) is 0 Å². The molecule has 1 rings (SSSR count).